The van der Waals surface area contributed by atoms with Gasteiger partial charge in [0.15, 0.2) is 17.8 Å². The van der Waals surface area contributed by atoms with E-state index < -0.39 is 50.2 Å². The average molecular weight is 583 g/mol. The lowest BCUT2D eigenvalue weighted by Gasteiger charge is -2.27. The molecule has 0 aliphatic carbocycles. The van der Waals surface area contributed by atoms with Crippen LogP contribution in [0.3, 0.4) is 0 Å². The number of aromatic nitrogens is 6. The monoisotopic (exact) mass is 582 g/mol. The zero-order chi connectivity index (χ0) is 28.5. The van der Waals surface area contributed by atoms with E-state index in [0.717, 1.165) is 9.36 Å². The van der Waals surface area contributed by atoms with Crippen molar-refractivity contribution >= 4 is 23.5 Å². The molecule has 2 aromatic heterocycles. The van der Waals surface area contributed by atoms with Crippen LogP contribution in [0, 0.1) is 0 Å². The van der Waals surface area contributed by atoms with Crippen LogP contribution in [0.2, 0.25) is 5.02 Å². The van der Waals surface area contributed by atoms with Crippen molar-refractivity contribution in [1.82, 2.24) is 34.4 Å². The molecule has 0 spiro atoms. The Bertz CT molecular complexity index is 1380. The Morgan fingerprint density at radius 2 is 1.74 bits per heavy atom. The molecular formula is C21H21ClF6N8O3. The van der Waals surface area contributed by atoms with Gasteiger partial charge in [-0.25, -0.2) is 14.2 Å². The molecule has 18 heteroatoms. The van der Waals surface area contributed by atoms with Crippen LogP contribution in [0.4, 0.5) is 32.3 Å². The fourth-order valence-electron chi connectivity index (χ4n) is 3.80. The maximum absolute atomic E-state index is 13.1. The topological polar surface area (TPSA) is 123 Å². The van der Waals surface area contributed by atoms with Crippen LogP contribution >= 0.6 is 11.6 Å². The summed E-state index contributed by atoms with van der Waals surface area (Å²) in [5, 5.41) is 20.6. The molecule has 0 saturated carbocycles. The van der Waals surface area contributed by atoms with Crippen LogP contribution in [0.5, 0.6) is 0 Å². The molecule has 0 radical (unpaired) electrons. The summed E-state index contributed by atoms with van der Waals surface area (Å²) in [6.45, 7) is -2.03. The van der Waals surface area contributed by atoms with Crippen molar-refractivity contribution < 1.29 is 36.2 Å². The van der Waals surface area contributed by atoms with E-state index in [0.29, 0.717) is 9.59 Å². The van der Waals surface area contributed by atoms with Gasteiger partial charge in [-0.15, -0.1) is 5.10 Å². The van der Waals surface area contributed by atoms with Crippen molar-refractivity contribution in [3.05, 3.63) is 45.6 Å². The zero-order valence-corrected chi connectivity index (χ0v) is 20.6. The minimum atomic E-state index is -5.02. The second-order valence-corrected chi connectivity index (χ2v) is 9.06. The molecule has 4 rings (SSSR count). The Balaban J connectivity index is 1.71. The first-order chi connectivity index (χ1) is 18.2. The quantitative estimate of drug-likeness (QED) is 0.389. The highest BCUT2D eigenvalue weighted by Gasteiger charge is 2.39. The molecule has 1 aromatic carbocycles. The number of aryl methyl sites for hydroxylation is 1. The Morgan fingerprint density at radius 3 is 2.36 bits per heavy atom. The lowest BCUT2D eigenvalue weighted by Crippen LogP contribution is -2.48. The first-order valence-corrected chi connectivity index (χ1v) is 11.8. The molecule has 1 fully saturated rings. The van der Waals surface area contributed by atoms with Crippen molar-refractivity contribution in [3.8, 4) is 11.4 Å². The number of nitrogens with one attached hydrogen (secondary N) is 1. The highest BCUT2D eigenvalue weighted by atomic mass is 35.5. The van der Waals surface area contributed by atoms with Crippen LogP contribution in [0.25, 0.3) is 11.4 Å². The summed E-state index contributed by atoms with van der Waals surface area (Å²) in [5.41, 5.74) is -0.831. The van der Waals surface area contributed by atoms with E-state index in [1.807, 2.05) is 0 Å². The molecular weight excluding hydrogens is 562 g/mol. The Labute approximate surface area is 220 Å². The van der Waals surface area contributed by atoms with Gasteiger partial charge in [-0.3, -0.25) is 9.36 Å². The summed E-state index contributed by atoms with van der Waals surface area (Å²) in [5.74, 6) is -0.797. The maximum Gasteiger partial charge on any atom is 0.416 e. The molecule has 3 aromatic rings. The Hall–Kier alpha value is -3.60. The summed E-state index contributed by atoms with van der Waals surface area (Å²) in [4.78, 5) is 30.5. The van der Waals surface area contributed by atoms with Gasteiger partial charge < -0.3 is 15.3 Å². The number of hydrogen-bond donors (Lipinski definition) is 2. The second kappa shape index (κ2) is 10.9. The van der Waals surface area contributed by atoms with Gasteiger partial charge in [0, 0.05) is 23.7 Å². The number of hydrogen-bond acceptors (Lipinski definition) is 7. The van der Waals surface area contributed by atoms with E-state index in [1.54, 1.807) is 0 Å². The first kappa shape index (κ1) is 28.4. The minimum Gasteiger partial charge on any atom is -0.382 e. The minimum absolute atomic E-state index is 0.0398. The molecule has 1 atom stereocenters. The third-order valence-electron chi connectivity index (χ3n) is 5.67. The third kappa shape index (κ3) is 6.89. The zero-order valence-electron chi connectivity index (χ0n) is 19.9. The van der Waals surface area contributed by atoms with Crippen LogP contribution in [-0.2, 0) is 24.4 Å². The highest BCUT2D eigenvalue weighted by Crippen LogP contribution is 2.25. The van der Waals surface area contributed by atoms with Crippen LogP contribution < -0.4 is 15.9 Å². The van der Waals surface area contributed by atoms with E-state index in [2.05, 4.69) is 20.5 Å². The van der Waals surface area contributed by atoms with E-state index >= 15 is 0 Å². The van der Waals surface area contributed by atoms with E-state index in [-0.39, 0.29) is 48.7 Å². The lowest BCUT2D eigenvalue weighted by atomic mass is 10.2. The van der Waals surface area contributed by atoms with Gasteiger partial charge >= 0.3 is 18.0 Å². The molecule has 1 aliphatic heterocycles. The third-order valence-corrected chi connectivity index (χ3v) is 5.93. The largest absolute Gasteiger partial charge is 0.416 e. The van der Waals surface area contributed by atoms with Crippen molar-refractivity contribution in [2.75, 3.05) is 24.5 Å². The number of amides is 1. The number of benzene rings is 1. The van der Waals surface area contributed by atoms with Crippen LogP contribution in [0.15, 0.2) is 29.1 Å². The molecule has 0 bridgehead atoms. The summed E-state index contributed by atoms with van der Waals surface area (Å²) in [6, 6.07) is 5.68. The lowest BCUT2D eigenvalue weighted by molar-refractivity contribution is -0.207. The van der Waals surface area contributed by atoms with Crippen molar-refractivity contribution in [2.24, 2.45) is 0 Å². The Morgan fingerprint density at radius 1 is 1.05 bits per heavy atom. The van der Waals surface area contributed by atoms with Crippen LogP contribution in [-0.4, -0.2) is 78.2 Å². The number of halogens is 7. The summed E-state index contributed by atoms with van der Waals surface area (Å²) >= 11 is 5.87. The van der Waals surface area contributed by atoms with Gasteiger partial charge in [-0.2, -0.15) is 36.4 Å². The predicted octanol–water partition coefficient (Wildman–Crippen LogP) is 1.82. The van der Waals surface area contributed by atoms with Gasteiger partial charge in [-0.1, -0.05) is 11.6 Å². The number of carbonyl (C=O) groups excluding carboxylic acids is 1. The smallest absolute Gasteiger partial charge is 0.382 e. The molecule has 3 heterocycles. The number of anilines is 1. The number of piperazine rings is 1. The summed E-state index contributed by atoms with van der Waals surface area (Å²) in [6.07, 6.45) is -13.7. The number of aliphatic hydroxyl groups is 1. The molecule has 1 amide bonds. The second-order valence-electron chi connectivity index (χ2n) is 8.63. The fraction of sp³-hybridized carbons (Fsp3) is 0.476. The SMILES string of the molecule is O=C1CN(c2nc(Cn3nc(-c4ccc(Cl)cc4)n(C[C@H](O)C(F)(F)F)c3=O)nn2CCC(F)(F)F)CCN1. The van der Waals surface area contributed by atoms with Crippen molar-refractivity contribution in [2.45, 2.75) is 44.5 Å². The molecule has 1 saturated heterocycles. The molecule has 2 N–H and O–H groups in total. The maximum atomic E-state index is 13.1. The standard InChI is InChI=1S/C21H21ClF6N8O3/c22-13-3-1-12(2-4-13)17-32-36(19(39)34(17)9-14(37)21(26,27)28)10-15-30-18(33-8-6-29-16(38)11-33)35(31-15)7-5-20(23,24)25/h1-4,14,37H,5-11H2,(H,29,38)/t14-/m0/s1. The number of alkyl halides is 6. The fourth-order valence-corrected chi connectivity index (χ4v) is 3.93. The van der Waals surface area contributed by atoms with Crippen LogP contribution in [0.1, 0.15) is 12.2 Å². The molecule has 0 unspecified atom stereocenters. The molecule has 39 heavy (non-hydrogen) atoms. The predicted molar refractivity (Wildman–Crippen MR) is 124 cm³/mol. The van der Waals surface area contributed by atoms with E-state index in [9.17, 15) is 41.0 Å². The molecule has 1 aliphatic rings. The van der Waals surface area contributed by atoms with Crippen molar-refractivity contribution in [1.29, 1.82) is 0 Å². The highest BCUT2D eigenvalue weighted by molar-refractivity contribution is 6.30. The first-order valence-electron chi connectivity index (χ1n) is 11.4. The number of carbonyl (C=O) groups is 1. The van der Waals surface area contributed by atoms with E-state index in [4.69, 9.17) is 11.6 Å². The van der Waals surface area contributed by atoms with Gasteiger partial charge in [0.05, 0.1) is 26.1 Å². The van der Waals surface area contributed by atoms with Crippen molar-refractivity contribution in [3.63, 3.8) is 0 Å². The Kier molecular flexibility index (Phi) is 7.92. The van der Waals surface area contributed by atoms with E-state index in [1.165, 1.54) is 29.2 Å². The summed E-state index contributed by atoms with van der Waals surface area (Å²) in [7, 11) is 0. The molecule has 11 nitrogen and oxygen atoms in total. The molecule has 212 valence electrons. The normalized spacial score (nSPS) is 15.5. The van der Waals surface area contributed by atoms with Gasteiger partial charge in [0.25, 0.3) is 0 Å². The average Bonchev–Trinajstić information content (AvgIpc) is 3.39. The number of nitrogens with zero attached hydrogens (tertiary/aromatic N) is 7. The van der Waals surface area contributed by atoms with Gasteiger partial charge in [-0.05, 0) is 24.3 Å². The number of rotatable bonds is 8. The summed E-state index contributed by atoms with van der Waals surface area (Å²) < 4.78 is 80.2. The van der Waals surface area contributed by atoms with Gasteiger partial charge in [0.2, 0.25) is 11.9 Å². The van der Waals surface area contributed by atoms with Gasteiger partial charge in [0.1, 0.15) is 6.54 Å². The number of aliphatic hydroxyl groups excluding tert-OH is 1.